The molecule has 1 aliphatic carbocycles. The summed E-state index contributed by atoms with van der Waals surface area (Å²) in [6.45, 7) is 11.6. The van der Waals surface area contributed by atoms with Gasteiger partial charge in [-0.3, -0.25) is 5.14 Å². The summed E-state index contributed by atoms with van der Waals surface area (Å²) in [4.78, 5) is 1.22. The van der Waals surface area contributed by atoms with Gasteiger partial charge in [-0.05, 0) is 65.3 Å². The lowest BCUT2D eigenvalue weighted by atomic mass is 9.63. The van der Waals surface area contributed by atoms with E-state index < -0.39 is 0 Å². The smallest absolute Gasteiger partial charge is 0.0258 e. The molecule has 0 unspecified atom stereocenters. The summed E-state index contributed by atoms with van der Waals surface area (Å²) in [5.41, 5.74) is 4.90. The van der Waals surface area contributed by atoms with Crippen molar-refractivity contribution in [2.24, 2.45) is 5.14 Å². The molecule has 0 fully saturated rings. The van der Waals surface area contributed by atoms with E-state index in [0.717, 1.165) is 0 Å². The third-order valence-electron chi connectivity index (χ3n) is 4.28. The van der Waals surface area contributed by atoms with E-state index in [-0.39, 0.29) is 5.41 Å². The minimum Gasteiger partial charge on any atom is -0.274 e. The summed E-state index contributed by atoms with van der Waals surface area (Å²) in [7, 11) is 0. The van der Waals surface area contributed by atoms with Gasteiger partial charge in [0.2, 0.25) is 0 Å². The summed E-state index contributed by atoms with van der Waals surface area (Å²) in [6, 6.07) is 4.67. The van der Waals surface area contributed by atoms with E-state index in [1.165, 1.54) is 46.4 Å². The summed E-state index contributed by atoms with van der Waals surface area (Å²) >= 11 is 1.37. The van der Waals surface area contributed by atoms with Crippen LogP contribution in [0.3, 0.4) is 0 Å². The Balaban J connectivity index is 2.68. The third kappa shape index (κ3) is 2.13. The Labute approximate surface area is 109 Å². The van der Waals surface area contributed by atoms with Crippen molar-refractivity contribution < 1.29 is 0 Å². The molecule has 1 aromatic carbocycles. The first-order valence-corrected chi connectivity index (χ1v) is 7.18. The molecule has 1 aromatic rings. The molecular weight excluding hydrogens is 226 g/mol. The van der Waals surface area contributed by atoms with Crippen LogP contribution in [0.1, 0.15) is 57.2 Å². The molecule has 0 spiro atoms. The molecule has 2 heteroatoms. The van der Waals surface area contributed by atoms with E-state index >= 15 is 0 Å². The summed E-state index contributed by atoms with van der Waals surface area (Å²) < 4.78 is 0. The normalized spacial score (nSPS) is 21.1. The highest BCUT2D eigenvalue weighted by molar-refractivity contribution is 7.97. The molecule has 0 amide bonds. The highest BCUT2D eigenvalue weighted by atomic mass is 32.2. The first-order valence-electron chi connectivity index (χ1n) is 6.30. The standard InChI is InChI=1S/C15H23NS/c1-10-8-11-12(9-13(10)17-16)15(4,5)7-6-14(11,2)3/h8-9H,6-7,16H2,1-5H3. The molecule has 0 radical (unpaired) electrons. The molecule has 2 N–H and O–H groups in total. The summed E-state index contributed by atoms with van der Waals surface area (Å²) in [5, 5.41) is 5.76. The van der Waals surface area contributed by atoms with Gasteiger partial charge in [-0.2, -0.15) is 0 Å². The van der Waals surface area contributed by atoms with Crippen LogP contribution in [0.25, 0.3) is 0 Å². The van der Waals surface area contributed by atoms with Crippen LogP contribution in [0.4, 0.5) is 0 Å². The average molecular weight is 249 g/mol. The minimum absolute atomic E-state index is 0.281. The lowest BCUT2D eigenvalue weighted by Crippen LogP contribution is -2.34. The van der Waals surface area contributed by atoms with E-state index in [9.17, 15) is 0 Å². The predicted octanol–water partition coefficient (Wildman–Crippen LogP) is 4.31. The fourth-order valence-electron chi connectivity index (χ4n) is 2.83. The van der Waals surface area contributed by atoms with Crippen LogP contribution >= 0.6 is 11.9 Å². The van der Waals surface area contributed by atoms with Crippen molar-refractivity contribution in [2.45, 2.75) is 63.2 Å². The van der Waals surface area contributed by atoms with Crippen LogP contribution in [0.2, 0.25) is 0 Å². The zero-order chi connectivity index (χ0) is 12.8. The summed E-state index contributed by atoms with van der Waals surface area (Å²) in [5.74, 6) is 0. The van der Waals surface area contributed by atoms with Gasteiger partial charge < -0.3 is 0 Å². The van der Waals surface area contributed by atoms with Gasteiger partial charge in [-0.1, -0.05) is 33.8 Å². The Morgan fingerprint density at radius 1 is 1.00 bits per heavy atom. The number of fused-ring (bicyclic) bond motifs is 1. The summed E-state index contributed by atoms with van der Waals surface area (Å²) in [6.07, 6.45) is 2.52. The zero-order valence-electron chi connectivity index (χ0n) is 11.6. The van der Waals surface area contributed by atoms with Crippen molar-refractivity contribution in [1.82, 2.24) is 0 Å². The number of benzene rings is 1. The Morgan fingerprint density at radius 3 is 1.94 bits per heavy atom. The number of hydrogen-bond acceptors (Lipinski definition) is 2. The van der Waals surface area contributed by atoms with Crippen LogP contribution < -0.4 is 5.14 Å². The van der Waals surface area contributed by atoms with Gasteiger partial charge in [0, 0.05) is 4.90 Å². The largest absolute Gasteiger partial charge is 0.274 e. The van der Waals surface area contributed by atoms with Crippen LogP contribution in [-0.2, 0) is 10.8 Å². The Kier molecular flexibility index (Phi) is 3.07. The maximum absolute atomic E-state index is 5.76. The molecule has 17 heavy (non-hydrogen) atoms. The van der Waals surface area contributed by atoms with Gasteiger partial charge in [0.1, 0.15) is 0 Å². The average Bonchev–Trinajstić information content (AvgIpc) is 2.24. The molecule has 2 rings (SSSR count). The van der Waals surface area contributed by atoms with Crippen molar-refractivity contribution in [3.05, 3.63) is 28.8 Å². The second-order valence-corrected chi connectivity index (χ2v) is 7.22. The fourth-order valence-corrected chi connectivity index (χ4v) is 3.26. The Hall–Kier alpha value is -0.470. The second kappa shape index (κ2) is 4.03. The van der Waals surface area contributed by atoms with Crippen LogP contribution in [0.5, 0.6) is 0 Å². The molecule has 0 saturated carbocycles. The van der Waals surface area contributed by atoms with Crippen LogP contribution in [0, 0.1) is 6.92 Å². The topological polar surface area (TPSA) is 26.0 Å². The van der Waals surface area contributed by atoms with E-state index in [0.29, 0.717) is 5.41 Å². The molecule has 0 heterocycles. The lowest BCUT2D eigenvalue weighted by molar-refractivity contribution is 0.331. The molecule has 0 saturated heterocycles. The molecule has 0 atom stereocenters. The fraction of sp³-hybridized carbons (Fsp3) is 0.600. The molecule has 0 bridgehead atoms. The highest BCUT2D eigenvalue weighted by Gasteiger charge is 2.37. The quantitative estimate of drug-likeness (QED) is 0.751. The maximum atomic E-state index is 5.76. The lowest BCUT2D eigenvalue weighted by Gasteiger charge is -2.42. The van der Waals surface area contributed by atoms with Gasteiger partial charge in [-0.15, -0.1) is 0 Å². The second-order valence-electron chi connectivity index (χ2n) is 6.55. The Morgan fingerprint density at radius 2 is 1.47 bits per heavy atom. The van der Waals surface area contributed by atoms with Gasteiger partial charge in [-0.25, -0.2) is 0 Å². The van der Waals surface area contributed by atoms with Crippen LogP contribution in [0.15, 0.2) is 17.0 Å². The molecule has 1 nitrogen and oxygen atoms in total. The molecule has 1 aliphatic rings. The SMILES string of the molecule is Cc1cc2c(cc1SN)C(C)(C)CCC2(C)C. The van der Waals surface area contributed by atoms with E-state index in [2.05, 4.69) is 46.8 Å². The molecule has 0 aliphatic heterocycles. The number of aryl methyl sites for hydroxylation is 1. The van der Waals surface area contributed by atoms with Crippen molar-refractivity contribution in [2.75, 3.05) is 0 Å². The van der Waals surface area contributed by atoms with Crippen molar-refractivity contribution >= 4 is 11.9 Å². The predicted molar refractivity (Wildman–Crippen MR) is 76.5 cm³/mol. The van der Waals surface area contributed by atoms with Crippen molar-refractivity contribution in [3.63, 3.8) is 0 Å². The van der Waals surface area contributed by atoms with Gasteiger partial charge in [0.25, 0.3) is 0 Å². The third-order valence-corrected chi connectivity index (χ3v) is 4.97. The van der Waals surface area contributed by atoms with Gasteiger partial charge in [0.15, 0.2) is 0 Å². The first kappa shape index (κ1) is 13.0. The Bertz CT molecular complexity index is 446. The first-order chi connectivity index (χ1) is 7.78. The van der Waals surface area contributed by atoms with Gasteiger partial charge >= 0.3 is 0 Å². The number of nitrogens with two attached hydrogens (primary N) is 1. The number of hydrogen-bond donors (Lipinski definition) is 1. The minimum atomic E-state index is 0.281. The maximum Gasteiger partial charge on any atom is 0.0258 e. The number of rotatable bonds is 1. The van der Waals surface area contributed by atoms with Crippen molar-refractivity contribution in [1.29, 1.82) is 0 Å². The van der Waals surface area contributed by atoms with E-state index in [1.54, 1.807) is 0 Å². The highest BCUT2D eigenvalue weighted by Crippen LogP contribution is 2.47. The van der Waals surface area contributed by atoms with E-state index in [1.807, 2.05) is 0 Å². The molecular formula is C15H23NS. The van der Waals surface area contributed by atoms with Crippen LogP contribution in [-0.4, -0.2) is 0 Å². The molecule has 94 valence electrons. The monoisotopic (exact) mass is 249 g/mol. The van der Waals surface area contributed by atoms with Gasteiger partial charge in [0.05, 0.1) is 0 Å². The van der Waals surface area contributed by atoms with Crippen molar-refractivity contribution in [3.8, 4) is 0 Å². The van der Waals surface area contributed by atoms with E-state index in [4.69, 9.17) is 5.14 Å². The molecule has 0 aromatic heterocycles. The zero-order valence-corrected chi connectivity index (χ0v) is 12.4.